The maximum Gasteiger partial charge on any atom is 0.248 e. The maximum absolute atomic E-state index is 10.3. The third-order valence-electron chi connectivity index (χ3n) is 4.18. The Morgan fingerprint density at radius 1 is 1.13 bits per heavy atom. The van der Waals surface area contributed by atoms with Gasteiger partial charge in [-0.3, -0.25) is 0 Å². The van der Waals surface area contributed by atoms with Gasteiger partial charge >= 0.3 is 0 Å². The van der Waals surface area contributed by atoms with E-state index in [-0.39, 0.29) is 30.5 Å². The Morgan fingerprint density at radius 3 is 2.57 bits per heavy atom. The molecular formula is C21H25ClIN5O2. The first-order valence-electron chi connectivity index (χ1n) is 9.49. The van der Waals surface area contributed by atoms with Gasteiger partial charge in [0.15, 0.2) is 5.96 Å². The summed E-state index contributed by atoms with van der Waals surface area (Å²) in [6.45, 7) is 3.52. The van der Waals surface area contributed by atoms with Crippen LogP contribution in [0.2, 0.25) is 5.02 Å². The standard InChI is InChI=1S/C21H24ClN5O2.HI/c1-2-23-21(24-13-12-18(28)15-6-4-3-5-7-15)25-14-19-26-20(27-29-19)16-8-10-17(22)11-9-16;/h3-11,18,28H,2,12-14H2,1H3,(H2,23,24,25);1H. The summed E-state index contributed by atoms with van der Waals surface area (Å²) in [6, 6.07) is 16.8. The summed E-state index contributed by atoms with van der Waals surface area (Å²) in [5.41, 5.74) is 1.73. The second-order valence-electron chi connectivity index (χ2n) is 6.36. The van der Waals surface area contributed by atoms with Crippen molar-refractivity contribution < 1.29 is 9.63 Å². The first-order chi connectivity index (χ1) is 14.2. The number of aliphatic hydroxyl groups is 1. The predicted octanol–water partition coefficient (Wildman–Crippen LogP) is 4.19. The minimum Gasteiger partial charge on any atom is -0.388 e. The lowest BCUT2D eigenvalue weighted by molar-refractivity contribution is 0.168. The van der Waals surface area contributed by atoms with Crippen LogP contribution >= 0.6 is 35.6 Å². The van der Waals surface area contributed by atoms with Crippen molar-refractivity contribution in [1.82, 2.24) is 20.8 Å². The smallest absolute Gasteiger partial charge is 0.248 e. The zero-order valence-corrected chi connectivity index (χ0v) is 19.7. The minimum atomic E-state index is -0.524. The zero-order valence-electron chi connectivity index (χ0n) is 16.6. The molecule has 0 aliphatic carbocycles. The molecule has 1 unspecified atom stereocenters. The summed E-state index contributed by atoms with van der Waals surface area (Å²) in [6.07, 6.45) is 0.0415. The largest absolute Gasteiger partial charge is 0.388 e. The fraction of sp³-hybridized carbons (Fsp3) is 0.286. The second-order valence-corrected chi connectivity index (χ2v) is 6.79. The fourth-order valence-electron chi connectivity index (χ4n) is 2.69. The van der Waals surface area contributed by atoms with Crippen molar-refractivity contribution in [3.05, 3.63) is 71.1 Å². The van der Waals surface area contributed by atoms with Crippen molar-refractivity contribution in [3.8, 4) is 11.4 Å². The summed E-state index contributed by atoms with van der Waals surface area (Å²) < 4.78 is 5.28. The van der Waals surface area contributed by atoms with E-state index in [1.807, 2.05) is 49.4 Å². The Bertz CT molecular complexity index is 919. The summed E-state index contributed by atoms with van der Waals surface area (Å²) in [4.78, 5) is 8.84. The van der Waals surface area contributed by atoms with Crippen molar-refractivity contribution in [2.24, 2.45) is 4.99 Å². The fourth-order valence-corrected chi connectivity index (χ4v) is 2.82. The first kappa shape index (κ1) is 24.1. The molecule has 0 aliphatic rings. The topological polar surface area (TPSA) is 95.6 Å². The van der Waals surface area contributed by atoms with Crippen molar-refractivity contribution in [2.45, 2.75) is 26.0 Å². The summed E-state index contributed by atoms with van der Waals surface area (Å²) in [5.74, 6) is 1.53. The molecule has 0 radical (unpaired) electrons. The van der Waals surface area contributed by atoms with Crippen LogP contribution < -0.4 is 10.6 Å². The van der Waals surface area contributed by atoms with Crippen LogP contribution in [-0.4, -0.2) is 34.3 Å². The van der Waals surface area contributed by atoms with Gasteiger partial charge < -0.3 is 20.3 Å². The molecule has 0 spiro atoms. The van der Waals surface area contributed by atoms with E-state index in [9.17, 15) is 5.11 Å². The number of aliphatic imine (C=N–C) groups is 1. The monoisotopic (exact) mass is 541 g/mol. The van der Waals surface area contributed by atoms with Crippen LogP contribution in [0, 0.1) is 0 Å². The Hall–Kier alpha value is -2.17. The van der Waals surface area contributed by atoms with Gasteiger partial charge in [-0.15, -0.1) is 24.0 Å². The van der Waals surface area contributed by atoms with E-state index < -0.39 is 6.10 Å². The van der Waals surface area contributed by atoms with Crippen LogP contribution in [0.25, 0.3) is 11.4 Å². The third-order valence-corrected chi connectivity index (χ3v) is 4.43. The number of aromatic nitrogens is 2. The van der Waals surface area contributed by atoms with Crippen LogP contribution in [0.5, 0.6) is 0 Å². The van der Waals surface area contributed by atoms with Gasteiger partial charge in [0.05, 0.1) is 6.10 Å². The number of aliphatic hydroxyl groups excluding tert-OH is 1. The number of nitrogens with one attached hydrogen (secondary N) is 2. The molecule has 1 atom stereocenters. The number of halogens is 2. The molecule has 2 aromatic carbocycles. The Balaban J connectivity index is 0.00000320. The van der Waals surface area contributed by atoms with Gasteiger partial charge in [0.1, 0.15) is 6.54 Å². The average molecular weight is 542 g/mol. The van der Waals surface area contributed by atoms with E-state index >= 15 is 0 Å². The highest BCUT2D eigenvalue weighted by Crippen LogP contribution is 2.19. The number of guanidine groups is 1. The van der Waals surface area contributed by atoms with Crippen LogP contribution in [-0.2, 0) is 6.54 Å². The van der Waals surface area contributed by atoms with E-state index in [2.05, 4.69) is 25.8 Å². The lowest BCUT2D eigenvalue weighted by atomic mass is 10.1. The van der Waals surface area contributed by atoms with Gasteiger partial charge in [-0.1, -0.05) is 47.1 Å². The van der Waals surface area contributed by atoms with E-state index in [1.54, 1.807) is 12.1 Å². The molecular weight excluding hydrogens is 517 g/mol. The summed E-state index contributed by atoms with van der Waals surface area (Å²) >= 11 is 5.90. The van der Waals surface area contributed by atoms with Gasteiger partial charge in [0.25, 0.3) is 0 Å². The molecule has 160 valence electrons. The lowest BCUT2D eigenvalue weighted by Gasteiger charge is -2.14. The molecule has 30 heavy (non-hydrogen) atoms. The van der Waals surface area contributed by atoms with Crippen LogP contribution in [0.3, 0.4) is 0 Å². The molecule has 0 saturated heterocycles. The van der Waals surface area contributed by atoms with E-state index in [4.69, 9.17) is 16.1 Å². The third kappa shape index (κ3) is 7.26. The SMILES string of the molecule is CCNC(=NCc1nc(-c2ccc(Cl)cc2)no1)NCCC(O)c1ccccc1.I. The molecule has 3 rings (SSSR count). The molecule has 3 N–H and O–H groups in total. The molecule has 9 heteroatoms. The van der Waals surface area contributed by atoms with Crippen LogP contribution in [0.15, 0.2) is 64.1 Å². The molecule has 1 heterocycles. The molecule has 1 aromatic heterocycles. The summed E-state index contributed by atoms with van der Waals surface area (Å²) in [5, 5.41) is 21.3. The Morgan fingerprint density at radius 2 is 1.87 bits per heavy atom. The van der Waals surface area contributed by atoms with Crippen molar-refractivity contribution in [1.29, 1.82) is 0 Å². The Kier molecular flexibility index (Phi) is 10.0. The van der Waals surface area contributed by atoms with Gasteiger partial charge in [-0.25, -0.2) is 4.99 Å². The number of nitrogens with zero attached hydrogens (tertiary/aromatic N) is 3. The highest BCUT2D eigenvalue weighted by Gasteiger charge is 2.10. The van der Waals surface area contributed by atoms with E-state index in [0.29, 0.717) is 42.2 Å². The van der Waals surface area contributed by atoms with Crippen LogP contribution in [0.1, 0.15) is 30.9 Å². The number of rotatable bonds is 8. The zero-order chi connectivity index (χ0) is 20.5. The minimum absolute atomic E-state index is 0. The predicted molar refractivity (Wildman–Crippen MR) is 129 cm³/mol. The highest BCUT2D eigenvalue weighted by molar-refractivity contribution is 14.0. The van der Waals surface area contributed by atoms with Gasteiger partial charge in [-0.05, 0) is 43.2 Å². The molecule has 7 nitrogen and oxygen atoms in total. The average Bonchev–Trinajstić information content (AvgIpc) is 3.22. The van der Waals surface area contributed by atoms with Gasteiger partial charge in [0, 0.05) is 23.7 Å². The van der Waals surface area contributed by atoms with Gasteiger partial charge in [-0.2, -0.15) is 4.98 Å². The number of benzene rings is 2. The van der Waals surface area contributed by atoms with E-state index in [0.717, 1.165) is 11.1 Å². The number of hydrogen-bond donors (Lipinski definition) is 3. The quantitative estimate of drug-likeness (QED) is 0.225. The maximum atomic E-state index is 10.3. The number of hydrogen-bond acceptors (Lipinski definition) is 5. The first-order valence-corrected chi connectivity index (χ1v) is 9.87. The van der Waals surface area contributed by atoms with Crippen molar-refractivity contribution in [3.63, 3.8) is 0 Å². The molecule has 0 aliphatic heterocycles. The van der Waals surface area contributed by atoms with Gasteiger partial charge in [0.2, 0.25) is 11.7 Å². The summed E-state index contributed by atoms with van der Waals surface area (Å²) in [7, 11) is 0. The highest BCUT2D eigenvalue weighted by atomic mass is 127. The molecule has 3 aromatic rings. The molecule has 0 fully saturated rings. The van der Waals surface area contributed by atoms with Crippen molar-refractivity contribution in [2.75, 3.05) is 13.1 Å². The molecule has 0 saturated carbocycles. The lowest BCUT2D eigenvalue weighted by Crippen LogP contribution is -2.38. The van der Waals surface area contributed by atoms with Crippen LogP contribution in [0.4, 0.5) is 0 Å². The molecule has 0 amide bonds. The Labute approximate surface area is 198 Å². The van der Waals surface area contributed by atoms with E-state index in [1.165, 1.54) is 0 Å². The van der Waals surface area contributed by atoms with Crippen molar-refractivity contribution >= 4 is 41.5 Å². The normalized spacial score (nSPS) is 12.2. The molecule has 0 bridgehead atoms. The second kappa shape index (κ2) is 12.5.